The summed E-state index contributed by atoms with van der Waals surface area (Å²) in [5.74, 6) is 1.48. The number of nitrogens with zero attached hydrogens (tertiary/aromatic N) is 1. The summed E-state index contributed by atoms with van der Waals surface area (Å²) in [5.41, 5.74) is 4.94. The van der Waals surface area contributed by atoms with Crippen LogP contribution in [0.4, 0.5) is 0 Å². The van der Waals surface area contributed by atoms with Gasteiger partial charge in [0.15, 0.2) is 5.76 Å². The molecule has 1 aliphatic heterocycles. The average molecular weight is 268 g/mol. The van der Waals surface area contributed by atoms with Crippen LogP contribution in [0.15, 0.2) is 51.4 Å². The molecule has 0 amide bonds. The van der Waals surface area contributed by atoms with E-state index in [-0.39, 0.29) is 0 Å². The number of aryl methyl sites for hydroxylation is 2. The Bertz CT molecular complexity index is 716. The number of hydrogen-bond donors (Lipinski definition) is 1. The maximum atomic E-state index is 5.39. The van der Waals surface area contributed by atoms with Gasteiger partial charge in [-0.05, 0) is 43.7 Å². The van der Waals surface area contributed by atoms with E-state index >= 15 is 0 Å². The molecule has 0 spiro atoms. The van der Waals surface area contributed by atoms with Gasteiger partial charge >= 0.3 is 0 Å². The number of aromatic amines is 1. The van der Waals surface area contributed by atoms with E-state index in [9.17, 15) is 0 Å². The molecular formula is C16H16N2O2. The molecule has 0 aliphatic carbocycles. The van der Waals surface area contributed by atoms with Crippen molar-refractivity contribution in [2.75, 3.05) is 7.11 Å². The van der Waals surface area contributed by atoms with Crippen LogP contribution >= 0.6 is 0 Å². The van der Waals surface area contributed by atoms with E-state index in [0.29, 0.717) is 0 Å². The Morgan fingerprint density at radius 2 is 2.20 bits per heavy atom. The van der Waals surface area contributed by atoms with Crippen molar-refractivity contribution in [2.45, 2.75) is 13.8 Å². The van der Waals surface area contributed by atoms with Crippen LogP contribution in [0.25, 0.3) is 6.08 Å². The molecule has 0 saturated heterocycles. The molecule has 0 bridgehead atoms. The van der Waals surface area contributed by atoms with Crippen LogP contribution in [0, 0.1) is 13.8 Å². The summed E-state index contributed by atoms with van der Waals surface area (Å²) in [7, 11) is 1.65. The van der Waals surface area contributed by atoms with Crippen LogP contribution in [-0.4, -0.2) is 17.8 Å². The first-order valence-electron chi connectivity index (χ1n) is 6.44. The highest BCUT2D eigenvalue weighted by molar-refractivity contribution is 6.10. The van der Waals surface area contributed by atoms with Gasteiger partial charge in [0.05, 0.1) is 13.4 Å². The maximum absolute atomic E-state index is 5.39. The van der Waals surface area contributed by atoms with Crippen molar-refractivity contribution in [3.8, 4) is 0 Å². The summed E-state index contributed by atoms with van der Waals surface area (Å²) >= 11 is 0. The van der Waals surface area contributed by atoms with Gasteiger partial charge in [0.2, 0.25) is 0 Å². The third-order valence-corrected chi connectivity index (χ3v) is 3.23. The van der Waals surface area contributed by atoms with E-state index in [1.54, 1.807) is 13.4 Å². The molecule has 0 atom stereocenters. The summed E-state index contributed by atoms with van der Waals surface area (Å²) < 4.78 is 10.8. The van der Waals surface area contributed by atoms with E-state index in [1.807, 2.05) is 31.2 Å². The second kappa shape index (κ2) is 4.89. The lowest BCUT2D eigenvalue weighted by Crippen LogP contribution is -1.89. The molecule has 0 aromatic carbocycles. The highest BCUT2D eigenvalue weighted by atomic mass is 16.5. The third-order valence-electron chi connectivity index (χ3n) is 3.23. The van der Waals surface area contributed by atoms with Crippen molar-refractivity contribution >= 4 is 11.8 Å². The number of hydrogen-bond acceptors (Lipinski definition) is 3. The fourth-order valence-corrected chi connectivity index (χ4v) is 2.27. The summed E-state index contributed by atoms with van der Waals surface area (Å²) in [6.45, 7) is 4.10. The van der Waals surface area contributed by atoms with Crippen LogP contribution < -0.4 is 0 Å². The van der Waals surface area contributed by atoms with Crippen LogP contribution in [0.2, 0.25) is 0 Å². The zero-order valence-corrected chi connectivity index (χ0v) is 11.7. The Hall–Kier alpha value is -2.49. The van der Waals surface area contributed by atoms with Gasteiger partial charge in [-0.1, -0.05) is 0 Å². The lowest BCUT2D eigenvalue weighted by molar-refractivity contribution is 0.303. The van der Waals surface area contributed by atoms with E-state index in [1.165, 1.54) is 5.56 Å². The second-order valence-electron chi connectivity index (χ2n) is 4.77. The first-order chi connectivity index (χ1) is 9.67. The number of allylic oxidation sites excluding steroid dienone is 1. The molecule has 4 nitrogen and oxygen atoms in total. The number of nitrogens with one attached hydrogen (secondary N) is 1. The number of methoxy groups -OCH3 is 1. The predicted molar refractivity (Wildman–Crippen MR) is 78.6 cm³/mol. The lowest BCUT2D eigenvalue weighted by Gasteiger charge is -2.01. The summed E-state index contributed by atoms with van der Waals surface area (Å²) in [4.78, 5) is 7.89. The standard InChI is InChI=1S/C16H16N2O2/c1-10-7-11(2)17-12(10)8-13-16(19-3)9-14(18-13)15-5-4-6-20-15/h4-9,17H,1-3H3. The zero-order chi connectivity index (χ0) is 14.1. The highest BCUT2D eigenvalue weighted by Crippen LogP contribution is 2.26. The molecule has 2 aromatic rings. The number of aliphatic imine (C=N–C) groups is 1. The van der Waals surface area contributed by atoms with Gasteiger partial charge in [0, 0.05) is 17.5 Å². The quantitative estimate of drug-likeness (QED) is 0.924. The van der Waals surface area contributed by atoms with Gasteiger partial charge in [-0.3, -0.25) is 0 Å². The van der Waals surface area contributed by atoms with Gasteiger partial charge in [-0.25, -0.2) is 4.99 Å². The van der Waals surface area contributed by atoms with Crippen molar-refractivity contribution in [1.82, 2.24) is 4.98 Å². The number of ether oxygens (including phenoxy) is 1. The van der Waals surface area contributed by atoms with Crippen molar-refractivity contribution in [3.05, 3.63) is 64.7 Å². The smallest absolute Gasteiger partial charge is 0.152 e. The van der Waals surface area contributed by atoms with E-state index < -0.39 is 0 Å². The molecule has 3 heterocycles. The predicted octanol–water partition coefficient (Wildman–Crippen LogP) is 3.60. The van der Waals surface area contributed by atoms with Crippen LogP contribution in [0.1, 0.15) is 22.7 Å². The Balaban J connectivity index is 2.01. The number of rotatable bonds is 3. The number of furan rings is 1. The van der Waals surface area contributed by atoms with E-state index in [4.69, 9.17) is 9.15 Å². The minimum atomic E-state index is 0.738. The maximum Gasteiger partial charge on any atom is 0.152 e. The fraction of sp³-hybridized carbons (Fsp3) is 0.188. The molecule has 0 radical (unpaired) electrons. The molecule has 0 saturated carbocycles. The monoisotopic (exact) mass is 268 g/mol. The summed E-state index contributed by atoms with van der Waals surface area (Å²) in [6.07, 6.45) is 5.52. The molecular weight excluding hydrogens is 252 g/mol. The fourth-order valence-electron chi connectivity index (χ4n) is 2.27. The van der Waals surface area contributed by atoms with Gasteiger partial charge in [-0.2, -0.15) is 0 Å². The van der Waals surface area contributed by atoms with Crippen LogP contribution in [-0.2, 0) is 4.74 Å². The Kier molecular flexibility index (Phi) is 3.06. The summed E-state index contributed by atoms with van der Waals surface area (Å²) in [6, 6.07) is 5.84. The molecule has 20 heavy (non-hydrogen) atoms. The highest BCUT2D eigenvalue weighted by Gasteiger charge is 2.18. The molecule has 4 heteroatoms. The molecule has 2 aromatic heterocycles. The van der Waals surface area contributed by atoms with E-state index in [2.05, 4.69) is 23.0 Å². The first-order valence-corrected chi connectivity index (χ1v) is 6.44. The van der Waals surface area contributed by atoms with Crippen molar-refractivity contribution < 1.29 is 9.15 Å². The average Bonchev–Trinajstić information content (AvgIpc) is 3.11. The largest absolute Gasteiger partial charge is 0.494 e. The van der Waals surface area contributed by atoms with E-state index in [0.717, 1.165) is 34.3 Å². The molecule has 0 fully saturated rings. The van der Waals surface area contributed by atoms with Crippen LogP contribution in [0.3, 0.4) is 0 Å². The lowest BCUT2D eigenvalue weighted by atomic mass is 10.2. The van der Waals surface area contributed by atoms with Crippen molar-refractivity contribution in [3.63, 3.8) is 0 Å². The van der Waals surface area contributed by atoms with Crippen molar-refractivity contribution in [1.29, 1.82) is 0 Å². The minimum absolute atomic E-state index is 0.738. The molecule has 3 rings (SSSR count). The Morgan fingerprint density at radius 1 is 1.35 bits per heavy atom. The Labute approximate surface area is 117 Å². The molecule has 0 unspecified atom stereocenters. The second-order valence-corrected chi connectivity index (χ2v) is 4.77. The van der Waals surface area contributed by atoms with Crippen molar-refractivity contribution in [2.24, 2.45) is 4.99 Å². The molecule has 1 N–H and O–H groups in total. The third kappa shape index (κ3) is 2.20. The SMILES string of the molecule is COC1=CC(c2ccco2)=NC1=Cc1[nH]c(C)cc1C. The molecule has 102 valence electrons. The van der Waals surface area contributed by atoms with Gasteiger partial charge in [0.25, 0.3) is 0 Å². The zero-order valence-electron chi connectivity index (χ0n) is 11.7. The topological polar surface area (TPSA) is 50.5 Å². The first kappa shape index (κ1) is 12.5. The normalized spacial score (nSPS) is 16.4. The Morgan fingerprint density at radius 3 is 2.80 bits per heavy atom. The minimum Gasteiger partial charge on any atom is -0.494 e. The van der Waals surface area contributed by atoms with Gasteiger partial charge in [-0.15, -0.1) is 0 Å². The molecule has 1 aliphatic rings. The van der Waals surface area contributed by atoms with Gasteiger partial charge < -0.3 is 14.1 Å². The number of aromatic nitrogens is 1. The summed E-state index contributed by atoms with van der Waals surface area (Å²) in [5, 5.41) is 0. The van der Waals surface area contributed by atoms with Crippen LogP contribution in [0.5, 0.6) is 0 Å². The number of H-pyrrole nitrogens is 1. The van der Waals surface area contributed by atoms with Gasteiger partial charge in [0.1, 0.15) is 17.2 Å².